The van der Waals surface area contributed by atoms with Crippen LogP contribution in [0.5, 0.6) is 0 Å². The average molecular weight is 275 g/mol. The first-order valence-corrected chi connectivity index (χ1v) is 6.52. The van der Waals surface area contributed by atoms with Crippen molar-refractivity contribution in [2.75, 3.05) is 0 Å². The molecule has 98 valence electrons. The van der Waals surface area contributed by atoms with E-state index in [4.69, 9.17) is 5.73 Å². The Morgan fingerprint density at radius 1 is 1.32 bits per heavy atom. The Morgan fingerprint density at radius 2 is 2.00 bits per heavy atom. The lowest BCUT2D eigenvalue weighted by Gasteiger charge is -2.07. The van der Waals surface area contributed by atoms with Crippen molar-refractivity contribution in [3.05, 3.63) is 58.3 Å². The minimum absolute atomic E-state index is 0.0424. The zero-order chi connectivity index (χ0) is 13.8. The molecule has 0 unspecified atom stereocenters. The molecule has 0 saturated heterocycles. The minimum atomic E-state index is -0.413. The van der Waals surface area contributed by atoms with Crippen molar-refractivity contribution in [1.29, 1.82) is 0 Å². The van der Waals surface area contributed by atoms with Crippen LogP contribution in [-0.2, 0) is 0 Å². The summed E-state index contributed by atoms with van der Waals surface area (Å²) in [4.78, 5) is 15.3. The van der Waals surface area contributed by atoms with E-state index in [1.54, 1.807) is 18.3 Å². The van der Waals surface area contributed by atoms with E-state index < -0.39 is 4.92 Å². The van der Waals surface area contributed by atoms with Crippen molar-refractivity contribution >= 4 is 17.4 Å². The van der Waals surface area contributed by atoms with Gasteiger partial charge in [-0.05, 0) is 36.8 Å². The van der Waals surface area contributed by atoms with Gasteiger partial charge in [-0.1, -0.05) is 11.8 Å². The van der Waals surface area contributed by atoms with Crippen LogP contribution in [0, 0.1) is 10.1 Å². The predicted molar refractivity (Wildman–Crippen MR) is 74.1 cm³/mol. The number of hydrogen-bond donors (Lipinski definition) is 1. The second-order valence-corrected chi connectivity index (χ2v) is 5.16. The summed E-state index contributed by atoms with van der Waals surface area (Å²) in [6.07, 6.45) is 1.71. The predicted octanol–water partition coefficient (Wildman–Crippen LogP) is 3.16. The van der Waals surface area contributed by atoms with Gasteiger partial charge in [0.1, 0.15) is 5.03 Å². The van der Waals surface area contributed by atoms with Crippen LogP contribution in [-0.4, -0.2) is 9.91 Å². The lowest BCUT2D eigenvalue weighted by Crippen LogP contribution is -2.04. The van der Waals surface area contributed by atoms with Crippen LogP contribution in [0.4, 0.5) is 5.69 Å². The summed E-state index contributed by atoms with van der Waals surface area (Å²) in [6.45, 7) is 1.91. The average Bonchev–Trinajstić information content (AvgIpc) is 2.39. The molecule has 6 heteroatoms. The Balaban J connectivity index is 2.16. The van der Waals surface area contributed by atoms with Crippen LogP contribution in [0.25, 0.3) is 0 Å². The van der Waals surface area contributed by atoms with Gasteiger partial charge in [0.2, 0.25) is 0 Å². The van der Waals surface area contributed by atoms with Crippen LogP contribution in [0.1, 0.15) is 18.5 Å². The Labute approximate surface area is 115 Å². The molecule has 5 nitrogen and oxygen atoms in total. The van der Waals surface area contributed by atoms with Crippen molar-refractivity contribution in [3.63, 3.8) is 0 Å². The fourth-order valence-corrected chi connectivity index (χ4v) is 2.34. The molecule has 0 radical (unpaired) electrons. The number of aromatic nitrogens is 1. The zero-order valence-corrected chi connectivity index (χ0v) is 11.1. The molecule has 19 heavy (non-hydrogen) atoms. The van der Waals surface area contributed by atoms with Gasteiger partial charge in [0.15, 0.2) is 0 Å². The van der Waals surface area contributed by atoms with Crippen LogP contribution in [0.2, 0.25) is 0 Å². The molecule has 0 fully saturated rings. The fraction of sp³-hybridized carbons (Fsp3) is 0.154. The lowest BCUT2D eigenvalue weighted by atomic mass is 10.1. The maximum atomic E-state index is 10.6. The summed E-state index contributed by atoms with van der Waals surface area (Å²) in [5.74, 6) is 0. The molecule has 1 aromatic heterocycles. The molecule has 0 bridgehead atoms. The number of nitro groups is 1. The van der Waals surface area contributed by atoms with E-state index in [0.717, 1.165) is 15.5 Å². The Morgan fingerprint density at radius 3 is 2.58 bits per heavy atom. The summed E-state index contributed by atoms with van der Waals surface area (Å²) in [6, 6.07) is 10.2. The molecule has 0 aliphatic rings. The van der Waals surface area contributed by atoms with Crippen LogP contribution < -0.4 is 5.73 Å². The number of hydrogen-bond acceptors (Lipinski definition) is 5. The number of nitrogens with two attached hydrogens (primary N) is 1. The molecule has 2 N–H and O–H groups in total. The van der Waals surface area contributed by atoms with Crippen molar-refractivity contribution in [2.45, 2.75) is 22.9 Å². The Hall–Kier alpha value is -1.92. The van der Waals surface area contributed by atoms with E-state index >= 15 is 0 Å². The van der Waals surface area contributed by atoms with Crippen molar-refractivity contribution in [2.24, 2.45) is 5.73 Å². The van der Waals surface area contributed by atoms with E-state index in [9.17, 15) is 10.1 Å². The zero-order valence-electron chi connectivity index (χ0n) is 10.3. The maximum absolute atomic E-state index is 10.6. The van der Waals surface area contributed by atoms with E-state index in [-0.39, 0.29) is 11.7 Å². The molecular weight excluding hydrogens is 262 g/mol. The molecule has 2 rings (SSSR count). The van der Waals surface area contributed by atoms with Crippen molar-refractivity contribution in [3.8, 4) is 0 Å². The van der Waals surface area contributed by atoms with Crippen LogP contribution in [0.15, 0.2) is 52.5 Å². The molecule has 1 atom stereocenters. The highest BCUT2D eigenvalue weighted by Gasteiger charge is 2.06. The molecule has 1 heterocycles. The summed E-state index contributed by atoms with van der Waals surface area (Å²) in [7, 11) is 0. The molecular formula is C13H13N3O2S. The van der Waals surface area contributed by atoms with Gasteiger partial charge in [-0.15, -0.1) is 0 Å². The highest BCUT2D eigenvalue weighted by Crippen LogP contribution is 2.28. The van der Waals surface area contributed by atoms with E-state index in [0.29, 0.717) is 0 Å². The highest BCUT2D eigenvalue weighted by molar-refractivity contribution is 7.99. The van der Waals surface area contributed by atoms with Gasteiger partial charge < -0.3 is 5.73 Å². The van der Waals surface area contributed by atoms with E-state index in [1.165, 1.54) is 23.9 Å². The van der Waals surface area contributed by atoms with Gasteiger partial charge in [0.25, 0.3) is 5.69 Å². The highest BCUT2D eigenvalue weighted by atomic mass is 32.2. The van der Waals surface area contributed by atoms with E-state index in [1.807, 2.05) is 19.1 Å². The third-order valence-corrected chi connectivity index (χ3v) is 3.49. The molecule has 0 aliphatic heterocycles. The lowest BCUT2D eigenvalue weighted by molar-refractivity contribution is -0.384. The number of benzene rings is 1. The third kappa shape index (κ3) is 3.52. The van der Waals surface area contributed by atoms with Gasteiger partial charge in [0.05, 0.1) is 4.92 Å². The standard InChI is InChI=1S/C13H13N3O2S/c1-9(14)10-6-7-15-13(8-10)19-12-4-2-11(3-5-12)16(17)18/h2-9H,14H2,1H3/t9-/m0/s1. The normalized spacial score (nSPS) is 12.1. The molecule has 0 amide bonds. The first kappa shape index (κ1) is 13.5. The largest absolute Gasteiger partial charge is 0.324 e. The summed E-state index contributed by atoms with van der Waals surface area (Å²) in [5.41, 5.74) is 6.92. The number of rotatable bonds is 4. The number of pyridine rings is 1. The van der Waals surface area contributed by atoms with Crippen LogP contribution >= 0.6 is 11.8 Å². The third-order valence-electron chi connectivity index (χ3n) is 2.55. The van der Waals surface area contributed by atoms with Crippen LogP contribution in [0.3, 0.4) is 0 Å². The van der Waals surface area contributed by atoms with Crippen molar-refractivity contribution < 1.29 is 4.92 Å². The van der Waals surface area contributed by atoms with Gasteiger partial charge in [0, 0.05) is 29.3 Å². The van der Waals surface area contributed by atoms with Gasteiger partial charge >= 0.3 is 0 Å². The second-order valence-electron chi connectivity index (χ2n) is 4.07. The van der Waals surface area contributed by atoms with Gasteiger partial charge in [-0.2, -0.15) is 0 Å². The topological polar surface area (TPSA) is 82.0 Å². The first-order valence-electron chi connectivity index (χ1n) is 5.70. The number of nitrogens with zero attached hydrogens (tertiary/aromatic N) is 2. The smallest absolute Gasteiger partial charge is 0.269 e. The number of non-ortho nitro benzene ring substituents is 1. The molecule has 2 aromatic rings. The molecule has 0 spiro atoms. The number of nitro benzene ring substituents is 1. The second kappa shape index (κ2) is 5.81. The minimum Gasteiger partial charge on any atom is -0.324 e. The summed E-state index contributed by atoms with van der Waals surface area (Å²) < 4.78 is 0. The fourth-order valence-electron chi connectivity index (χ4n) is 1.52. The Kier molecular flexibility index (Phi) is 4.13. The SMILES string of the molecule is C[C@H](N)c1ccnc(Sc2ccc([N+](=O)[O-])cc2)c1. The van der Waals surface area contributed by atoms with Gasteiger partial charge in [-0.3, -0.25) is 10.1 Å². The monoisotopic (exact) mass is 275 g/mol. The van der Waals surface area contributed by atoms with E-state index in [2.05, 4.69) is 4.98 Å². The summed E-state index contributed by atoms with van der Waals surface area (Å²) >= 11 is 1.45. The quantitative estimate of drug-likeness (QED) is 0.684. The molecule has 0 saturated carbocycles. The van der Waals surface area contributed by atoms with Gasteiger partial charge in [-0.25, -0.2) is 4.98 Å². The van der Waals surface area contributed by atoms with Crippen molar-refractivity contribution in [1.82, 2.24) is 4.98 Å². The Bertz CT molecular complexity index is 585. The first-order chi connectivity index (χ1) is 9.06. The summed E-state index contributed by atoms with van der Waals surface area (Å²) in [5, 5.41) is 11.4. The molecule has 1 aromatic carbocycles. The maximum Gasteiger partial charge on any atom is 0.269 e. The molecule has 0 aliphatic carbocycles.